The van der Waals surface area contributed by atoms with E-state index in [1.54, 1.807) is 68.4 Å². The predicted octanol–water partition coefficient (Wildman–Crippen LogP) is 5.45. The summed E-state index contributed by atoms with van der Waals surface area (Å²) in [4.78, 5) is 49.6. The molecule has 1 rings (SSSR count). The molecule has 0 bridgehead atoms. The van der Waals surface area contributed by atoms with E-state index in [0.29, 0.717) is 12.0 Å². The lowest BCUT2D eigenvalue weighted by molar-refractivity contribution is -0.145. The number of carbonyl (C=O) groups excluding carboxylic acids is 3. The molecular formula is C29H45NO9. The van der Waals surface area contributed by atoms with Crippen molar-refractivity contribution in [2.24, 2.45) is 22.5 Å². The molecule has 5 atom stereocenters. The minimum Gasteiger partial charge on any atom is -0.480 e. The fourth-order valence-corrected chi connectivity index (χ4v) is 3.60. The Bertz CT molecular complexity index is 1020. The number of carboxylic acid groups (broad SMARTS) is 1. The van der Waals surface area contributed by atoms with Crippen molar-refractivity contribution in [2.45, 2.75) is 106 Å². The van der Waals surface area contributed by atoms with Crippen LogP contribution in [0, 0.1) is 16.7 Å². The number of hydrogen-bond acceptors (Lipinski definition) is 9. The first-order chi connectivity index (χ1) is 17.8. The third-order valence-electron chi connectivity index (χ3n) is 6.24. The van der Waals surface area contributed by atoms with Gasteiger partial charge in [-0.2, -0.15) is 0 Å². The van der Waals surface area contributed by atoms with E-state index >= 15 is 0 Å². The molecule has 39 heavy (non-hydrogen) atoms. The molecule has 0 spiro atoms. The summed E-state index contributed by atoms with van der Waals surface area (Å²) in [7, 11) is 0. The fourth-order valence-electron chi connectivity index (χ4n) is 3.60. The van der Waals surface area contributed by atoms with Crippen molar-refractivity contribution < 1.29 is 43.2 Å². The number of benzene rings is 1. The van der Waals surface area contributed by atoms with Gasteiger partial charge in [-0.25, -0.2) is 4.79 Å². The van der Waals surface area contributed by atoms with Gasteiger partial charge >= 0.3 is 24.1 Å². The highest BCUT2D eigenvalue weighted by atomic mass is 16.7. The van der Waals surface area contributed by atoms with Crippen LogP contribution < -0.4 is 15.2 Å². The van der Waals surface area contributed by atoms with Crippen molar-refractivity contribution in [3.8, 4) is 11.5 Å². The number of carbonyl (C=O) groups is 4. The maximum Gasteiger partial charge on any atom is 0.508 e. The average molecular weight is 552 g/mol. The second kappa shape index (κ2) is 13.8. The molecule has 0 aliphatic rings. The Morgan fingerprint density at radius 3 is 1.85 bits per heavy atom. The Balaban J connectivity index is 3.48. The largest absolute Gasteiger partial charge is 0.508 e. The third kappa shape index (κ3) is 10.2. The van der Waals surface area contributed by atoms with Crippen LogP contribution in [0.5, 0.6) is 11.5 Å². The molecule has 0 radical (unpaired) electrons. The summed E-state index contributed by atoms with van der Waals surface area (Å²) < 4.78 is 21.9. The van der Waals surface area contributed by atoms with Crippen LogP contribution >= 0.6 is 0 Å². The highest BCUT2D eigenvalue weighted by Crippen LogP contribution is 2.38. The molecule has 0 aliphatic carbocycles. The van der Waals surface area contributed by atoms with Gasteiger partial charge in [0, 0.05) is 11.8 Å². The van der Waals surface area contributed by atoms with E-state index in [4.69, 9.17) is 24.7 Å². The Labute approximate surface area is 231 Å². The zero-order valence-electron chi connectivity index (χ0n) is 24.8. The van der Waals surface area contributed by atoms with E-state index in [-0.39, 0.29) is 17.6 Å². The zero-order valence-corrected chi connectivity index (χ0v) is 24.8. The van der Waals surface area contributed by atoms with Gasteiger partial charge in [-0.05, 0) is 79.5 Å². The van der Waals surface area contributed by atoms with Crippen molar-refractivity contribution in [2.75, 3.05) is 0 Å². The molecule has 10 heteroatoms. The Hall–Kier alpha value is -3.14. The monoisotopic (exact) mass is 551 g/mol. The van der Waals surface area contributed by atoms with Crippen LogP contribution in [0.3, 0.4) is 0 Å². The second-order valence-corrected chi connectivity index (χ2v) is 12.0. The summed E-state index contributed by atoms with van der Waals surface area (Å²) in [6.45, 7) is 17.1. The van der Waals surface area contributed by atoms with Crippen LogP contribution in [0.25, 0.3) is 0 Å². The molecule has 0 heterocycles. The van der Waals surface area contributed by atoms with Crippen molar-refractivity contribution in [3.63, 3.8) is 0 Å². The summed E-state index contributed by atoms with van der Waals surface area (Å²) in [5, 5.41) is 9.78. The Morgan fingerprint density at radius 1 is 0.872 bits per heavy atom. The molecule has 4 unspecified atom stereocenters. The molecule has 220 valence electrons. The van der Waals surface area contributed by atoms with E-state index < -0.39 is 58.9 Å². The van der Waals surface area contributed by atoms with Crippen LogP contribution in [0.15, 0.2) is 18.2 Å². The molecule has 0 aliphatic heterocycles. The number of carboxylic acids is 1. The minimum atomic E-state index is -1.39. The summed E-state index contributed by atoms with van der Waals surface area (Å²) in [6.07, 6.45) is -0.458. The number of nitrogens with two attached hydrogens (primary N) is 1. The van der Waals surface area contributed by atoms with Gasteiger partial charge < -0.3 is 29.8 Å². The van der Waals surface area contributed by atoms with Crippen LogP contribution in [0.1, 0.15) is 93.6 Å². The van der Waals surface area contributed by atoms with Crippen LogP contribution in [-0.4, -0.2) is 47.4 Å². The molecule has 0 amide bonds. The first-order valence-corrected chi connectivity index (χ1v) is 13.2. The SMILES string of the molecule is CCCC(C)OC(=O)OC(C)C(C)C(c1ccc(OC(=O)C(C)(C)C)c(OC(=O)C(C)(C)C)c1)[C@H](N)C(=O)O. The third-order valence-corrected chi connectivity index (χ3v) is 6.24. The Kier molecular flexibility index (Phi) is 12.0. The number of aliphatic carboxylic acids is 1. The highest BCUT2D eigenvalue weighted by Gasteiger charge is 2.37. The summed E-state index contributed by atoms with van der Waals surface area (Å²) in [6, 6.07) is 3.03. The fraction of sp³-hybridized carbons (Fsp3) is 0.655. The van der Waals surface area contributed by atoms with Gasteiger partial charge in [0.05, 0.1) is 10.8 Å². The van der Waals surface area contributed by atoms with Crippen molar-refractivity contribution >= 4 is 24.1 Å². The van der Waals surface area contributed by atoms with Gasteiger partial charge in [0.1, 0.15) is 18.2 Å². The second-order valence-electron chi connectivity index (χ2n) is 12.0. The van der Waals surface area contributed by atoms with Gasteiger partial charge in [-0.1, -0.05) is 26.3 Å². The van der Waals surface area contributed by atoms with Crippen molar-refractivity contribution in [1.82, 2.24) is 0 Å². The molecule has 0 fully saturated rings. The van der Waals surface area contributed by atoms with Crippen LogP contribution in [0.4, 0.5) is 4.79 Å². The number of esters is 2. The minimum absolute atomic E-state index is 0.00404. The molecule has 0 saturated heterocycles. The van der Waals surface area contributed by atoms with Crippen LogP contribution in [-0.2, 0) is 23.9 Å². The summed E-state index contributed by atoms with van der Waals surface area (Å²) >= 11 is 0. The molecule has 1 aromatic carbocycles. The van der Waals surface area contributed by atoms with E-state index in [1.165, 1.54) is 12.1 Å². The zero-order chi connectivity index (χ0) is 30.3. The summed E-state index contributed by atoms with van der Waals surface area (Å²) in [5.41, 5.74) is 4.81. The van der Waals surface area contributed by atoms with Gasteiger partial charge in [0.2, 0.25) is 0 Å². The highest BCUT2D eigenvalue weighted by molar-refractivity contribution is 5.81. The number of hydrogen-bond donors (Lipinski definition) is 2. The lowest BCUT2D eigenvalue weighted by atomic mass is 9.79. The first kappa shape index (κ1) is 33.9. The lowest BCUT2D eigenvalue weighted by Crippen LogP contribution is -2.43. The molecule has 10 nitrogen and oxygen atoms in total. The summed E-state index contributed by atoms with van der Waals surface area (Å²) in [5.74, 6) is -3.92. The lowest BCUT2D eigenvalue weighted by Gasteiger charge is -2.32. The Morgan fingerprint density at radius 2 is 1.38 bits per heavy atom. The van der Waals surface area contributed by atoms with Crippen molar-refractivity contribution in [3.05, 3.63) is 23.8 Å². The van der Waals surface area contributed by atoms with E-state index in [9.17, 15) is 24.3 Å². The molecule has 3 N–H and O–H groups in total. The normalized spacial score (nSPS) is 15.8. The number of ether oxygens (including phenoxy) is 4. The molecule has 0 aromatic heterocycles. The molecule has 0 saturated carbocycles. The van der Waals surface area contributed by atoms with Gasteiger partial charge in [0.15, 0.2) is 11.5 Å². The van der Waals surface area contributed by atoms with E-state index in [2.05, 4.69) is 0 Å². The maximum absolute atomic E-state index is 12.7. The van der Waals surface area contributed by atoms with Crippen molar-refractivity contribution in [1.29, 1.82) is 0 Å². The molecular weight excluding hydrogens is 506 g/mol. The van der Waals surface area contributed by atoms with Crippen LogP contribution in [0.2, 0.25) is 0 Å². The van der Waals surface area contributed by atoms with E-state index in [0.717, 1.165) is 6.42 Å². The van der Waals surface area contributed by atoms with Gasteiger partial charge in [-0.15, -0.1) is 0 Å². The van der Waals surface area contributed by atoms with Gasteiger partial charge in [-0.3, -0.25) is 14.4 Å². The quantitative estimate of drug-likeness (QED) is 0.268. The van der Waals surface area contributed by atoms with E-state index in [1.807, 2.05) is 6.92 Å². The predicted molar refractivity (Wildman–Crippen MR) is 146 cm³/mol. The first-order valence-electron chi connectivity index (χ1n) is 13.2. The number of rotatable bonds is 11. The maximum atomic E-state index is 12.7. The smallest absolute Gasteiger partial charge is 0.480 e. The topological polar surface area (TPSA) is 151 Å². The standard InChI is InChI=1S/C29H45NO9/c1-11-12-16(2)36-27(35)37-18(4)17(3)22(23(30)24(31)32)19-13-14-20(38-25(33)28(5,6)7)21(15-19)39-26(34)29(8,9)10/h13-18,22-23H,11-12,30H2,1-10H3,(H,31,32)/t16?,17?,18?,22?,23-/m0/s1. The average Bonchev–Trinajstić information content (AvgIpc) is 2.79. The molecule has 1 aromatic rings. The van der Waals surface area contributed by atoms with Gasteiger partial charge in [0.25, 0.3) is 0 Å².